The lowest BCUT2D eigenvalue weighted by atomic mass is 10.0. The van der Waals surface area contributed by atoms with E-state index in [1.807, 2.05) is 18.2 Å². The lowest BCUT2D eigenvalue weighted by Crippen LogP contribution is -2.37. The summed E-state index contributed by atoms with van der Waals surface area (Å²) in [6.45, 7) is 3.26. The van der Waals surface area contributed by atoms with Gasteiger partial charge in [0.1, 0.15) is 6.04 Å². The van der Waals surface area contributed by atoms with Crippen LogP contribution in [0.4, 0.5) is 17.3 Å². The molecule has 0 bridgehead atoms. The maximum absolute atomic E-state index is 12.8. The SMILES string of the molecule is NC(=O)[C@H](NC(=O)c1ccc(-c2ccnc(Nc3ccc(N4CCOCC4)cc3)n2)cc1)c1ccccc1. The quantitative estimate of drug-likeness (QED) is 0.332. The van der Waals surface area contributed by atoms with Crippen molar-refractivity contribution in [3.05, 3.63) is 102 Å². The number of anilines is 3. The molecule has 2 heterocycles. The van der Waals surface area contributed by atoms with Crippen LogP contribution in [0.15, 0.2) is 91.1 Å². The van der Waals surface area contributed by atoms with Gasteiger partial charge in [-0.25, -0.2) is 9.97 Å². The number of primary amides is 1. The Morgan fingerprint density at radius 3 is 2.29 bits per heavy atom. The van der Waals surface area contributed by atoms with Gasteiger partial charge in [-0.1, -0.05) is 42.5 Å². The third-order valence-corrected chi connectivity index (χ3v) is 6.29. The summed E-state index contributed by atoms with van der Waals surface area (Å²) >= 11 is 0. The smallest absolute Gasteiger partial charge is 0.252 e. The second-order valence-electron chi connectivity index (χ2n) is 8.83. The van der Waals surface area contributed by atoms with Gasteiger partial charge in [-0.05, 0) is 48.0 Å². The lowest BCUT2D eigenvalue weighted by Gasteiger charge is -2.28. The molecule has 4 aromatic rings. The summed E-state index contributed by atoms with van der Waals surface area (Å²) in [4.78, 5) is 36.0. The number of benzene rings is 3. The van der Waals surface area contributed by atoms with E-state index in [0.29, 0.717) is 22.8 Å². The van der Waals surface area contributed by atoms with Crippen molar-refractivity contribution < 1.29 is 14.3 Å². The van der Waals surface area contributed by atoms with Crippen molar-refractivity contribution >= 4 is 29.1 Å². The fourth-order valence-electron chi connectivity index (χ4n) is 4.26. The van der Waals surface area contributed by atoms with Gasteiger partial charge in [0.15, 0.2) is 0 Å². The minimum absolute atomic E-state index is 0.394. The molecule has 3 aromatic carbocycles. The van der Waals surface area contributed by atoms with Crippen LogP contribution in [0.25, 0.3) is 11.3 Å². The number of morpholine rings is 1. The molecule has 1 saturated heterocycles. The average molecular weight is 509 g/mol. The predicted octanol–water partition coefficient (Wildman–Crippen LogP) is 3.68. The number of carbonyl (C=O) groups excluding carboxylic acids is 2. The van der Waals surface area contributed by atoms with Crippen LogP contribution in [0.3, 0.4) is 0 Å². The Kier molecular flexibility index (Phi) is 7.56. The van der Waals surface area contributed by atoms with Crippen LogP contribution in [-0.2, 0) is 9.53 Å². The van der Waals surface area contributed by atoms with Crippen molar-refractivity contribution in [1.82, 2.24) is 15.3 Å². The molecule has 0 spiro atoms. The first-order valence-electron chi connectivity index (χ1n) is 12.4. The number of hydrogen-bond donors (Lipinski definition) is 3. The highest BCUT2D eigenvalue weighted by molar-refractivity contribution is 5.98. The van der Waals surface area contributed by atoms with E-state index in [1.165, 1.54) is 0 Å². The molecule has 1 fully saturated rings. The van der Waals surface area contributed by atoms with Crippen molar-refractivity contribution in [2.24, 2.45) is 5.73 Å². The second kappa shape index (κ2) is 11.5. The van der Waals surface area contributed by atoms with Gasteiger partial charge in [0.05, 0.1) is 18.9 Å². The Morgan fingerprint density at radius 1 is 0.895 bits per heavy atom. The molecule has 1 atom stereocenters. The molecule has 1 aliphatic rings. The van der Waals surface area contributed by atoms with E-state index in [4.69, 9.17) is 10.5 Å². The number of nitrogens with one attached hydrogen (secondary N) is 2. The highest BCUT2D eigenvalue weighted by Crippen LogP contribution is 2.23. The Balaban J connectivity index is 1.25. The standard InChI is InChI=1S/C29H28N6O3/c30-27(36)26(21-4-2-1-3-5-21)34-28(37)22-8-6-20(7-9-22)25-14-15-31-29(33-25)32-23-10-12-24(13-11-23)35-16-18-38-19-17-35/h1-15,26H,16-19H2,(H2,30,36)(H,34,37)(H,31,32,33)/t26-/m1/s1. The molecule has 1 aliphatic heterocycles. The number of nitrogens with two attached hydrogens (primary N) is 1. The van der Waals surface area contributed by atoms with Crippen molar-refractivity contribution in [3.63, 3.8) is 0 Å². The fourth-order valence-corrected chi connectivity index (χ4v) is 4.26. The molecule has 9 nitrogen and oxygen atoms in total. The Morgan fingerprint density at radius 2 is 1.61 bits per heavy atom. The first-order valence-corrected chi connectivity index (χ1v) is 12.4. The molecule has 1 aromatic heterocycles. The van der Waals surface area contributed by atoms with Gasteiger partial charge in [-0.2, -0.15) is 0 Å². The van der Waals surface area contributed by atoms with Crippen LogP contribution in [0.5, 0.6) is 0 Å². The first kappa shape index (κ1) is 24.9. The molecule has 2 amide bonds. The number of aromatic nitrogens is 2. The summed E-state index contributed by atoms with van der Waals surface area (Å²) in [6, 6.07) is 24.9. The summed E-state index contributed by atoms with van der Waals surface area (Å²) in [5.74, 6) is -0.553. The van der Waals surface area contributed by atoms with E-state index >= 15 is 0 Å². The number of carbonyl (C=O) groups is 2. The third-order valence-electron chi connectivity index (χ3n) is 6.29. The Labute approximate surface area is 220 Å². The predicted molar refractivity (Wildman–Crippen MR) is 146 cm³/mol. The number of nitrogens with zero attached hydrogens (tertiary/aromatic N) is 3. The number of hydrogen-bond acceptors (Lipinski definition) is 7. The molecule has 5 rings (SSSR count). The second-order valence-corrected chi connectivity index (χ2v) is 8.83. The van der Waals surface area contributed by atoms with Crippen LogP contribution in [0, 0.1) is 0 Å². The minimum Gasteiger partial charge on any atom is -0.378 e. The van der Waals surface area contributed by atoms with E-state index in [-0.39, 0.29) is 0 Å². The van der Waals surface area contributed by atoms with E-state index in [2.05, 4.69) is 37.6 Å². The largest absolute Gasteiger partial charge is 0.378 e. The number of rotatable bonds is 8. The van der Waals surface area contributed by atoms with E-state index < -0.39 is 17.9 Å². The molecule has 38 heavy (non-hydrogen) atoms. The third kappa shape index (κ3) is 5.96. The van der Waals surface area contributed by atoms with E-state index in [0.717, 1.165) is 43.2 Å². The first-order chi connectivity index (χ1) is 18.6. The zero-order valence-corrected chi connectivity index (χ0v) is 20.7. The van der Waals surface area contributed by atoms with Gasteiger partial charge < -0.3 is 26.0 Å². The van der Waals surface area contributed by atoms with Crippen molar-refractivity contribution in [2.75, 3.05) is 36.5 Å². The molecular formula is C29H28N6O3. The molecule has 0 aliphatic carbocycles. The zero-order chi connectivity index (χ0) is 26.3. The zero-order valence-electron chi connectivity index (χ0n) is 20.7. The average Bonchev–Trinajstić information content (AvgIpc) is 2.97. The summed E-state index contributed by atoms with van der Waals surface area (Å²) in [5, 5.41) is 5.96. The number of ether oxygens (including phenoxy) is 1. The topological polar surface area (TPSA) is 122 Å². The van der Waals surface area contributed by atoms with Crippen molar-refractivity contribution in [2.45, 2.75) is 6.04 Å². The summed E-state index contributed by atoms with van der Waals surface area (Å²) in [7, 11) is 0. The highest BCUT2D eigenvalue weighted by Gasteiger charge is 2.21. The van der Waals surface area contributed by atoms with Crippen LogP contribution in [0.1, 0.15) is 22.0 Å². The Bertz CT molecular complexity index is 1390. The molecule has 9 heteroatoms. The molecule has 0 radical (unpaired) electrons. The van der Waals surface area contributed by atoms with Gasteiger partial charge >= 0.3 is 0 Å². The van der Waals surface area contributed by atoms with Crippen molar-refractivity contribution in [1.29, 1.82) is 0 Å². The summed E-state index contributed by atoms with van der Waals surface area (Å²) in [5.41, 5.74) is 10.1. The van der Waals surface area contributed by atoms with Crippen LogP contribution in [0.2, 0.25) is 0 Å². The van der Waals surface area contributed by atoms with Gasteiger partial charge in [0.2, 0.25) is 11.9 Å². The van der Waals surface area contributed by atoms with Gasteiger partial charge in [0.25, 0.3) is 5.91 Å². The van der Waals surface area contributed by atoms with Crippen molar-refractivity contribution in [3.8, 4) is 11.3 Å². The maximum atomic E-state index is 12.8. The number of amides is 2. The normalized spacial score (nSPS) is 13.9. The molecule has 0 saturated carbocycles. The van der Waals surface area contributed by atoms with Gasteiger partial charge in [0, 0.05) is 41.8 Å². The van der Waals surface area contributed by atoms with Gasteiger partial charge in [-0.15, -0.1) is 0 Å². The van der Waals surface area contributed by atoms with E-state index in [9.17, 15) is 9.59 Å². The fraction of sp³-hybridized carbons (Fsp3) is 0.172. The molecular weight excluding hydrogens is 480 g/mol. The molecule has 192 valence electrons. The monoisotopic (exact) mass is 508 g/mol. The Hall–Kier alpha value is -4.76. The van der Waals surface area contributed by atoms with E-state index in [1.54, 1.807) is 60.8 Å². The van der Waals surface area contributed by atoms with Crippen LogP contribution in [-0.4, -0.2) is 48.1 Å². The lowest BCUT2D eigenvalue weighted by molar-refractivity contribution is -0.120. The molecule has 4 N–H and O–H groups in total. The minimum atomic E-state index is -0.915. The highest BCUT2D eigenvalue weighted by atomic mass is 16.5. The molecule has 0 unspecified atom stereocenters. The van der Waals surface area contributed by atoms with Gasteiger partial charge in [-0.3, -0.25) is 9.59 Å². The van der Waals surface area contributed by atoms with Crippen LogP contribution < -0.4 is 21.3 Å². The van der Waals surface area contributed by atoms with Crippen LogP contribution >= 0.6 is 0 Å². The summed E-state index contributed by atoms with van der Waals surface area (Å²) in [6.07, 6.45) is 1.69. The maximum Gasteiger partial charge on any atom is 0.252 e. The summed E-state index contributed by atoms with van der Waals surface area (Å²) < 4.78 is 5.42.